The van der Waals surface area contributed by atoms with Gasteiger partial charge in [-0.3, -0.25) is 4.79 Å². The molecule has 0 amide bonds. The highest BCUT2D eigenvalue weighted by Crippen LogP contribution is 2.31. The van der Waals surface area contributed by atoms with Crippen LogP contribution in [0.4, 0.5) is 0 Å². The summed E-state index contributed by atoms with van der Waals surface area (Å²) in [6.07, 6.45) is 3.65. The smallest absolute Gasteiger partial charge is 0.316 e. The predicted molar refractivity (Wildman–Crippen MR) is 74.4 cm³/mol. The van der Waals surface area contributed by atoms with Crippen LogP contribution < -0.4 is 0 Å². The van der Waals surface area contributed by atoms with Crippen LogP contribution in [0, 0.1) is 11.3 Å². The number of hydrogen-bond acceptors (Lipinski definition) is 3. The number of carbonyl (C=O) groups is 1. The van der Waals surface area contributed by atoms with E-state index in [1.165, 1.54) is 0 Å². The van der Waals surface area contributed by atoms with Crippen LogP contribution in [0.25, 0.3) is 0 Å². The van der Waals surface area contributed by atoms with Gasteiger partial charge in [-0.25, -0.2) is 0 Å². The van der Waals surface area contributed by atoms with Crippen LogP contribution in [0.2, 0.25) is 0 Å². The van der Waals surface area contributed by atoms with Crippen LogP contribution in [0.1, 0.15) is 34.6 Å². The molecule has 0 spiro atoms. The fraction of sp³-hybridized carbons (Fsp3) is 0.667. The molecule has 104 valence electrons. The molecule has 0 rings (SSSR count). The maximum absolute atomic E-state index is 12.1. The monoisotopic (exact) mass is 254 g/mol. The van der Waals surface area contributed by atoms with Crippen molar-refractivity contribution in [2.75, 3.05) is 19.8 Å². The van der Waals surface area contributed by atoms with Crippen molar-refractivity contribution in [1.82, 2.24) is 0 Å². The first kappa shape index (κ1) is 16.9. The third kappa shape index (κ3) is 5.50. The van der Waals surface area contributed by atoms with E-state index in [4.69, 9.17) is 9.47 Å². The molecule has 18 heavy (non-hydrogen) atoms. The molecule has 0 aromatic heterocycles. The van der Waals surface area contributed by atoms with Gasteiger partial charge in [-0.2, -0.15) is 0 Å². The van der Waals surface area contributed by atoms with Crippen molar-refractivity contribution in [1.29, 1.82) is 0 Å². The summed E-state index contributed by atoms with van der Waals surface area (Å²) in [5, 5.41) is 0. The van der Waals surface area contributed by atoms with E-state index >= 15 is 0 Å². The van der Waals surface area contributed by atoms with Gasteiger partial charge in [0, 0.05) is 0 Å². The van der Waals surface area contributed by atoms with Crippen molar-refractivity contribution in [3.05, 3.63) is 24.3 Å². The highest BCUT2D eigenvalue weighted by Gasteiger charge is 2.35. The lowest BCUT2D eigenvalue weighted by molar-refractivity contribution is -0.155. The third-order valence-corrected chi connectivity index (χ3v) is 2.92. The van der Waals surface area contributed by atoms with Crippen LogP contribution in [0.3, 0.4) is 0 Å². The van der Waals surface area contributed by atoms with Crippen molar-refractivity contribution in [2.24, 2.45) is 11.3 Å². The first-order chi connectivity index (χ1) is 8.34. The maximum atomic E-state index is 12.1. The van der Waals surface area contributed by atoms with Crippen LogP contribution in [0.5, 0.6) is 0 Å². The average Bonchev–Trinajstić information content (AvgIpc) is 2.27. The summed E-state index contributed by atoms with van der Waals surface area (Å²) in [4.78, 5) is 12.1. The van der Waals surface area contributed by atoms with E-state index < -0.39 is 5.41 Å². The van der Waals surface area contributed by atoms with E-state index in [1.54, 1.807) is 6.08 Å². The van der Waals surface area contributed by atoms with Gasteiger partial charge >= 0.3 is 5.97 Å². The number of carbonyl (C=O) groups excluding carboxylic acids is 1. The van der Waals surface area contributed by atoms with Crippen LogP contribution >= 0.6 is 0 Å². The molecule has 1 unspecified atom stereocenters. The minimum Gasteiger partial charge on any atom is -0.463 e. The molecule has 0 N–H and O–H groups in total. The summed E-state index contributed by atoms with van der Waals surface area (Å²) >= 11 is 0. The lowest BCUT2D eigenvalue weighted by Crippen LogP contribution is -2.34. The minimum atomic E-state index is -0.572. The summed E-state index contributed by atoms with van der Waals surface area (Å²) in [6, 6.07) is 0. The van der Waals surface area contributed by atoms with E-state index in [-0.39, 0.29) is 18.5 Å². The Morgan fingerprint density at radius 2 is 1.94 bits per heavy atom. The lowest BCUT2D eigenvalue weighted by atomic mass is 9.78. The summed E-state index contributed by atoms with van der Waals surface area (Å²) in [7, 11) is 0. The normalized spacial score (nSPS) is 13.9. The predicted octanol–water partition coefficient (Wildman–Crippen LogP) is 3.36. The van der Waals surface area contributed by atoms with Gasteiger partial charge in [-0.1, -0.05) is 31.6 Å². The Labute approximate surface area is 111 Å². The largest absolute Gasteiger partial charge is 0.463 e. The SMILES string of the molecule is C=CCOCCOC(=O)C(C)(C=C(C)C)C(C)C. The molecule has 0 aliphatic carbocycles. The maximum Gasteiger partial charge on any atom is 0.316 e. The van der Waals surface area contributed by atoms with Gasteiger partial charge in [0.2, 0.25) is 0 Å². The fourth-order valence-electron chi connectivity index (χ4n) is 1.58. The van der Waals surface area contributed by atoms with Crippen molar-refractivity contribution in [3.8, 4) is 0 Å². The van der Waals surface area contributed by atoms with Gasteiger partial charge < -0.3 is 9.47 Å². The molecule has 0 aromatic carbocycles. The molecule has 0 heterocycles. The van der Waals surface area contributed by atoms with Crippen molar-refractivity contribution in [3.63, 3.8) is 0 Å². The molecule has 0 bridgehead atoms. The average molecular weight is 254 g/mol. The summed E-state index contributed by atoms with van der Waals surface area (Å²) < 4.78 is 10.4. The summed E-state index contributed by atoms with van der Waals surface area (Å²) in [5.74, 6) is -0.00473. The Morgan fingerprint density at radius 3 is 2.39 bits per heavy atom. The van der Waals surface area contributed by atoms with E-state index in [0.717, 1.165) is 5.57 Å². The number of esters is 1. The number of allylic oxidation sites excluding steroid dienone is 1. The number of rotatable bonds is 8. The van der Waals surface area contributed by atoms with Gasteiger partial charge in [0.15, 0.2) is 0 Å². The molecule has 1 atom stereocenters. The molecule has 0 aromatic rings. The minimum absolute atomic E-state index is 0.189. The standard InChI is InChI=1S/C15H26O3/c1-7-8-17-9-10-18-14(16)15(6,13(4)5)11-12(2)3/h7,11,13H,1,8-10H2,2-6H3. The molecular formula is C15H26O3. The van der Waals surface area contributed by atoms with Gasteiger partial charge in [0.25, 0.3) is 0 Å². The molecule has 0 saturated carbocycles. The highest BCUT2D eigenvalue weighted by atomic mass is 16.6. The number of ether oxygens (including phenoxy) is 2. The second kappa shape index (κ2) is 8.09. The van der Waals surface area contributed by atoms with E-state index in [9.17, 15) is 4.79 Å². The summed E-state index contributed by atoms with van der Waals surface area (Å²) in [5.41, 5.74) is 0.545. The molecule has 0 fully saturated rings. The van der Waals surface area contributed by atoms with Gasteiger partial charge in [0.05, 0.1) is 18.6 Å². The molecule has 0 saturated heterocycles. The Bertz CT molecular complexity index is 301. The second-order valence-corrected chi connectivity index (χ2v) is 5.16. The Morgan fingerprint density at radius 1 is 1.33 bits per heavy atom. The molecule has 3 heteroatoms. The van der Waals surface area contributed by atoms with Gasteiger partial charge in [0.1, 0.15) is 6.61 Å². The van der Waals surface area contributed by atoms with E-state index in [0.29, 0.717) is 13.2 Å². The second-order valence-electron chi connectivity index (χ2n) is 5.16. The Hall–Kier alpha value is -1.09. The highest BCUT2D eigenvalue weighted by molar-refractivity contribution is 5.79. The zero-order chi connectivity index (χ0) is 14.2. The van der Waals surface area contributed by atoms with Crippen LogP contribution in [-0.4, -0.2) is 25.8 Å². The lowest BCUT2D eigenvalue weighted by Gasteiger charge is -2.28. The Kier molecular flexibility index (Phi) is 7.60. The van der Waals surface area contributed by atoms with Crippen molar-refractivity contribution < 1.29 is 14.3 Å². The van der Waals surface area contributed by atoms with E-state index in [2.05, 4.69) is 6.58 Å². The quantitative estimate of drug-likeness (QED) is 0.378. The van der Waals surface area contributed by atoms with Crippen LogP contribution in [0.15, 0.2) is 24.3 Å². The van der Waals surface area contributed by atoms with Gasteiger partial charge in [-0.15, -0.1) is 6.58 Å². The molecule has 0 radical (unpaired) electrons. The molecule has 0 aliphatic rings. The van der Waals surface area contributed by atoms with Crippen molar-refractivity contribution >= 4 is 5.97 Å². The first-order valence-electron chi connectivity index (χ1n) is 6.36. The molecular weight excluding hydrogens is 228 g/mol. The topological polar surface area (TPSA) is 35.5 Å². The van der Waals surface area contributed by atoms with Crippen LogP contribution in [-0.2, 0) is 14.3 Å². The zero-order valence-corrected chi connectivity index (χ0v) is 12.3. The fourth-order valence-corrected chi connectivity index (χ4v) is 1.58. The molecule has 0 aliphatic heterocycles. The van der Waals surface area contributed by atoms with Crippen molar-refractivity contribution in [2.45, 2.75) is 34.6 Å². The third-order valence-electron chi connectivity index (χ3n) is 2.92. The number of hydrogen-bond donors (Lipinski definition) is 0. The Balaban J connectivity index is 4.41. The first-order valence-corrected chi connectivity index (χ1v) is 6.36. The molecule has 3 nitrogen and oxygen atoms in total. The zero-order valence-electron chi connectivity index (χ0n) is 12.3. The summed E-state index contributed by atoms with van der Waals surface area (Å²) in [6.45, 7) is 14.6. The van der Waals surface area contributed by atoms with E-state index in [1.807, 2.05) is 40.7 Å². The van der Waals surface area contributed by atoms with Gasteiger partial charge in [-0.05, 0) is 26.7 Å².